The second kappa shape index (κ2) is 7.36. The SMILES string of the molecule is CCCCCC[C@H](O)CCl. The Kier molecular flexibility index (Phi) is 7.54. The van der Waals surface area contributed by atoms with Crippen LogP contribution in [-0.2, 0) is 0 Å². The fourth-order valence-electron chi connectivity index (χ4n) is 0.884. The lowest BCUT2D eigenvalue weighted by atomic mass is 10.1. The van der Waals surface area contributed by atoms with Crippen LogP contribution < -0.4 is 0 Å². The Hall–Kier alpha value is 0.250. The molecule has 0 rings (SSSR count). The van der Waals surface area contributed by atoms with Crippen molar-refractivity contribution in [2.24, 2.45) is 0 Å². The zero-order valence-corrected chi connectivity index (χ0v) is 7.40. The quantitative estimate of drug-likeness (QED) is 0.473. The number of hydrogen-bond donors (Lipinski definition) is 1. The maximum Gasteiger partial charge on any atom is 0.0675 e. The first-order valence-corrected chi connectivity index (χ1v) is 4.58. The molecular formula is C8H17ClO. The van der Waals surface area contributed by atoms with Gasteiger partial charge < -0.3 is 5.11 Å². The van der Waals surface area contributed by atoms with Crippen LogP contribution in [-0.4, -0.2) is 17.1 Å². The fraction of sp³-hybridized carbons (Fsp3) is 1.00. The molecule has 1 atom stereocenters. The highest BCUT2D eigenvalue weighted by molar-refractivity contribution is 6.18. The summed E-state index contributed by atoms with van der Waals surface area (Å²) in [5.41, 5.74) is 0. The van der Waals surface area contributed by atoms with Crippen LogP contribution in [0.25, 0.3) is 0 Å². The van der Waals surface area contributed by atoms with Crippen LogP contribution in [0.5, 0.6) is 0 Å². The molecule has 1 N–H and O–H groups in total. The Morgan fingerprint density at radius 1 is 1.30 bits per heavy atom. The van der Waals surface area contributed by atoms with E-state index in [4.69, 9.17) is 16.7 Å². The molecule has 0 spiro atoms. The van der Waals surface area contributed by atoms with Crippen LogP contribution in [0.4, 0.5) is 0 Å². The number of alkyl halides is 1. The van der Waals surface area contributed by atoms with E-state index in [1.807, 2.05) is 0 Å². The van der Waals surface area contributed by atoms with E-state index in [0.717, 1.165) is 12.8 Å². The van der Waals surface area contributed by atoms with Gasteiger partial charge in [-0.05, 0) is 6.42 Å². The van der Waals surface area contributed by atoms with E-state index in [2.05, 4.69) is 6.92 Å². The summed E-state index contributed by atoms with van der Waals surface area (Å²) in [6.07, 6.45) is 5.44. The van der Waals surface area contributed by atoms with E-state index in [-0.39, 0.29) is 6.10 Å². The molecule has 0 aliphatic heterocycles. The number of hydrogen-bond acceptors (Lipinski definition) is 1. The minimum absolute atomic E-state index is 0.279. The smallest absolute Gasteiger partial charge is 0.0675 e. The van der Waals surface area contributed by atoms with Crippen LogP contribution >= 0.6 is 11.6 Å². The van der Waals surface area contributed by atoms with Crippen molar-refractivity contribution in [3.63, 3.8) is 0 Å². The van der Waals surface area contributed by atoms with Gasteiger partial charge in [0.15, 0.2) is 0 Å². The van der Waals surface area contributed by atoms with Gasteiger partial charge in [-0.1, -0.05) is 32.6 Å². The van der Waals surface area contributed by atoms with Crippen LogP contribution in [0.3, 0.4) is 0 Å². The number of rotatable bonds is 6. The van der Waals surface area contributed by atoms with Crippen LogP contribution in [0.15, 0.2) is 0 Å². The van der Waals surface area contributed by atoms with Crippen molar-refractivity contribution in [2.45, 2.75) is 45.1 Å². The van der Waals surface area contributed by atoms with E-state index in [9.17, 15) is 0 Å². The van der Waals surface area contributed by atoms with Gasteiger partial charge in [0.05, 0.1) is 6.10 Å². The summed E-state index contributed by atoms with van der Waals surface area (Å²) < 4.78 is 0. The molecule has 0 bridgehead atoms. The molecule has 10 heavy (non-hydrogen) atoms. The molecule has 0 heterocycles. The van der Waals surface area contributed by atoms with Gasteiger partial charge in [0.25, 0.3) is 0 Å². The van der Waals surface area contributed by atoms with Crippen molar-refractivity contribution >= 4 is 11.6 Å². The molecule has 2 heteroatoms. The maximum absolute atomic E-state index is 9.03. The summed E-state index contributed by atoms with van der Waals surface area (Å²) in [4.78, 5) is 0. The van der Waals surface area contributed by atoms with Crippen molar-refractivity contribution in [3.05, 3.63) is 0 Å². The lowest BCUT2D eigenvalue weighted by Gasteiger charge is -2.04. The highest BCUT2D eigenvalue weighted by Gasteiger charge is 1.99. The van der Waals surface area contributed by atoms with E-state index in [0.29, 0.717) is 5.88 Å². The zero-order valence-electron chi connectivity index (χ0n) is 6.65. The number of halogens is 1. The van der Waals surface area contributed by atoms with Gasteiger partial charge in [-0.25, -0.2) is 0 Å². The minimum atomic E-state index is -0.279. The number of aliphatic hydroxyl groups is 1. The van der Waals surface area contributed by atoms with Gasteiger partial charge in [0, 0.05) is 5.88 Å². The molecule has 0 aliphatic rings. The first-order chi connectivity index (χ1) is 4.81. The molecule has 0 saturated carbocycles. The molecule has 62 valence electrons. The molecule has 0 fully saturated rings. The maximum atomic E-state index is 9.03. The highest BCUT2D eigenvalue weighted by Crippen LogP contribution is 2.05. The molecule has 0 unspecified atom stereocenters. The van der Waals surface area contributed by atoms with Gasteiger partial charge in [-0.2, -0.15) is 0 Å². The molecule has 0 aromatic heterocycles. The Labute approximate surface area is 68.4 Å². The molecule has 0 saturated heterocycles. The molecule has 0 radical (unpaired) electrons. The number of aliphatic hydroxyl groups excluding tert-OH is 1. The lowest BCUT2D eigenvalue weighted by Crippen LogP contribution is -2.07. The molecule has 0 amide bonds. The highest BCUT2D eigenvalue weighted by atomic mass is 35.5. The first kappa shape index (κ1) is 10.2. The largest absolute Gasteiger partial charge is 0.392 e. The normalized spacial score (nSPS) is 13.5. The molecular weight excluding hydrogens is 148 g/mol. The average molecular weight is 165 g/mol. The van der Waals surface area contributed by atoms with Gasteiger partial charge in [-0.3, -0.25) is 0 Å². The Morgan fingerprint density at radius 2 is 2.00 bits per heavy atom. The summed E-state index contributed by atoms with van der Waals surface area (Å²) in [5, 5.41) is 9.03. The van der Waals surface area contributed by atoms with Crippen LogP contribution in [0.2, 0.25) is 0 Å². The molecule has 0 aromatic rings. The summed E-state index contributed by atoms with van der Waals surface area (Å²) in [6.45, 7) is 2.18. The van der Waals surface area contributed by atoms with Crippen molar-refractivity contribution in [2.75, 3.05) is 5.88 Å². The van der Waals surface area contributed by atoms with Crippen molar-refractivity contribution in [1.29, 1.82) is 0 Å². The van der Waals surface area contributed by atoms with Gasteiger partial charge in [0.1, 0.15) is 0 Å². The minimum Gasteiger partial charge on any atom is -0.392 e. The molecule has 0 aliphatic carbocycles. The molecule has 0 aromatic carbocycles. The summed E-state index contributed by atoms with van der Waals surface area (Å²) >= 11 is 5.41. The molecule has 1 nitrogen and oxygen atoms in total. The topological polar surface area (TPSA) is 20.2 Å². The predicted octanol–water partition coefficient (Wildman–Crippen LogP) is 2.56. The third kappa shape index (κ3) is 6.37. The Bertz CT molecular complexity index is 66.3. The average Bonchev–Trinajstić information content (AvgIpc) is 1.98. The summed E-state index contributed by atoms with van der Waals surface area (Å²) in [5.74, 6) is 0.381. The second-order valence-corrected chi connectivity index (χ2v) is 2.97. The van der Waals surface area contributed by atoms with Gasteiger partial charge in [0.2, 0.25) is 0 Å². The van der Waals surface area contributed by atoms with E-state index >= 15 is 0 Å². The van der Waals surface area contributed by atoms with Crippen molar-refractivity contribution < 1.29 is 5.11 Å². The third-order valence-corrected chi connectivity index (χ3v) is 1.93. The van der Waals surface area contributed by atoms with Gasteiger partial charge >= 0.3 is 0 Å². The monoisotopic (exact) mass is 164 g/mol. The second-order valence-electron chi connectivity index (χ2n) is 2.66. The predicted molar refractivity (Wildman–Crippen MR) is 45.5 cm³/mol. The first-order valence-electron chi connectivity index (χ1n) is 4.05. The van der Waals surface area contributed by atoms with E-state index in [1.165, 1.54) is 19.3 Å². The van der Waals surface area contributed by atoms with Crippen molar-refractivity contribution in [3.8, 4) is 0 Å². The third-order valence-electron chi connectivity index (χ3n) is 1.57. The lowest BCUT2D eigenvalue weighted by molar-refractivity contribution is 0.183. The van der Waals surface area contributed by atoms with Crippen LogP contribution in [0, 0.1) is 0 Å². The Morgan fingerprint density at radius 3 is 2.50 bits per heavy atom. The fourth-order valence-corrected chi connectivity index (χ4v) is 1.04. The zero-order chi connectivity index (χ0) is 7.82. The summed E-state index contributed by atoms with van der Waals surface area (Å²) in [7, 11) is 0. The van der Waals surface area contributed by atoms with E-state index in [1.54, 1.807) is 0 Å². The number of unbranched alkanes of at least 4 members (excludes halogenated alkanes) is 3. The van der Waals surface area contributed by atoms with Crippen molar-refractivity contribution in [1.82, 2.24) is 0 Å². The summed E-state index contributed by atoms with van der Waals surface area (Å²) in [6, 6.07) is 0. The Balaban J connectivity index is 2.89. The van der Waals surface area contributed by atoms with E-state index < -0.39 is 0 Å². The van der Waals surface area contributed by atoms with Crippen LogP contribution in [0.1, 0.15) is 39.0 Å². The van der Waals surface area contributed by atoms with Gasteiger partial charge in [-0.15, -0.1) is 11.6 Å². The standard InChI is InChI=1S/C8H17ClO/c1-2-3-4-5-6-8(10)7-9/h8,10H,2-7H2,1H3/t8-/m0/s1.